The standard InChI is InChI=1S/C19H25FN4O/c1-15(12-24-10-4-8-21-24)22-19(25)17-6-3-9-23(14-17)13-16-5-2-7-18(20)11-16/h2,4-5,7-8,10-11,15,17H,3,6,9,12-14H2,1H3,(H,22,25)/t15-,17-/m1/s1. The van der Waals surface area contributed by atoms with Crippen molar-refractivity contribution in [3.63, 3.8) is 0 Å². The summed E-state index contributed by atoms with van der Waals surface area (Å²) in [6, 6.07) is 8.59. The van der Waals surface area contributed by atoms with Crippen LogP contribution in [0.4, 0.5) is 4.39 Å². The van der Waals surface area contributed by atoms with E-state index in [2.05, 4.69) is 15.3 Å². The van der Waals surface area contributed by atoms with Crippen LogP contribution in [-0.2, 0) is 17.9 Å². The van der Waals surface area contributed by atoms with Crippen molar-refractivity contribution < 1.29 is 9.18 Å². The summed E-state index contributed by atoms with van der Waals surface area (Å²) in [6.45, 7) is 5.01. The van der Waals surface area contributed by atoms with Crippen LogP contribution in [-0.4, -0.2) is 39.7 Å². The van der Waals surface area contributed by atoms with Gasteiger partial charge in [0.2, 0.25) is 5.91 Å². The molecule has 1 aromatic heterocycles. The smallest absolute Gasteiger partial charge is 0.224 e. The molecule has 0 aliphatic carbocycles. The van der Waals surface area contributed by atoms with Gasteiger partial charge >= 0.3 is 0 Å². The van der Waals surface area contributed by atoms with Gasteiger partial charge in [-0.2, -0.15) is 5.10 Å². The maximum atomic E-state index is 13.3. The molecule has 1 aromatic carbocycles. The van der Waals surface area contributed by atoms with Crippen molar-refractivity contribution in [2.24, 2.45) is 5.92 Å². The summed E-state index contributed by atoms with van der Waals surface area (Å²) >= 11 is 0. The van der Waals surface area contributed by atoms with Crippen LogP contribution in [0.1, 0.15) is 25.3 Å². The number of carbonyl (C=O) groups is 1. The van der Waals surface area contributed by atoms with Gasteiger partial charge in [0, 0.05) is 31.5 Å². The molecule has 0 radical (unpaired) electrons. The van der Waals surface area contributed by atoms with Crippen LogP contribution < -0.4 is 5.32 Å². The SMILES string of the molecule is C[C@H](Cn1cccn1)NC(=O)[C@@H]1CCCN(Cc2cccc(F)c2)C1. The lowest BCUT2D eigenvalue weighted by Gasteiger charge is -2.32. The molecule has 2 aromatic rings. The first-order valence-electron chi connectivity index (χ1n) is 8.85. The molecule has 1 aliphatic heterocycles. The molecule has 0 unspecified atom stereocenters. The maximum absolute atomic E-state index is 13.3. The fourth-order valence-corrected chi connectivity index (χ4v) is 3.40. The van der Waals surface area contributed by atoms with Gasteiger partial charge in [-0.15, -0.1) is 0 Å². The molecule has 2 atom stereocenters. The van der Waals surface area contributed by atoms with E-state index in [4.69, 9.17) is 0 Å². The Labute approximate surface area is 147 Å². The predicted octanol–water partition coefficient (Wildman–Crippen LogP) is 2.44. The van der Waals surface area contributed by atoms with Crippen LogP contribution in [0.3, 0.4) is 0 Å². The Kier molecular flexibility index (Phi) is 5.81. The van der Waals surface area contributed by atoms with Crippen molar-refractivity contribution in [3.8, 4) is 0 Å². The summed E-state index contributed by atoms with van der Waals surface area (Å²) in [6.07, 6.45) is 5.52. The van der Waals surface area contributed by atoms with Crippen molar-refractivity contribution in [2.45, 2.75) is 38.9 Å². The van der Waals surface area contributed by atoms with Crippen LogP contribution in [0.2, 0.25) is 0 Å². The van der Waals surface area contributed by atoms with E-state index in [-0.39, 0.29) is 23.7 Å². The summed E-state index contributed by atoms with van der Waals surface area (Å²) in [5, 5.41) is 7.26. The third-order valence-corrected chi connectivity index (χ3v) is 4.58. The minimum absolute atomic E-state index is 0.0117. The number of likely N-dealkylation sites (tertiary alicyclic amines) is 1. The zero-order chi connectivity index (χ0) is 17.6. The zero-order valence-corrected chi connectivity index (χ0v) is 14.6. The zero-order valence-electron chi connectivity index (χ0n) is 14.6. The molecule has 2 heterocycles. The number of aromatic nitrogens is 2. The molecule has 25 heavy (non-hydrogen) atoms. The molecule has 1 fully saturated rings. The van der Waals surface area contributed by atoms with Crippen molar-refractivity contribution in [3.05, 3.63) is 54.1 Å². The second-order valence-electron chi connectivity index (χ2n) is 6.84. The van der Waals surface area contributed by atoms with E-state index in [1.165, 1.54) is 6.07 Å². The van der Waals surface area contributed by atoms with Gasteiger partial charge in [-0.05, 0) is 50.1 Å². The van der Waals surface area contributed by atoms with Crippen molar-refractivity contribution >= 4 is 5.91 Å². The Bertz CT molecular complexity index is 688. The van der Waals surface area contributed by atoms with Crippen molar-refractivity contribution in [1.82, 2.24) is 20.0 Å². The molecule has 1 saturated heterocycles. The lowest BCUT2D eigenvalue weighted by atomic mass is 9.96. The fourth-order valence-electron chi connectivity index (χ4n) is 3.40. The van der Waals surface area contributed by atoms with E-state index in [1.807, 2.05) is 29.9 Å². The van der Waals surface area contributed by atoms with Crippen LogP contribution >= 0.6 is 0 Å². The van der Waals surface area contributed by atoms with Gasteiger partial charge in [0.25, 0.3) is 0 Å². The lowest BCUT2D eigenvalue weighted by molar-refractivity contribution is -0.127. The van der Waals surface area contributed by atoms with E-state index < -0.39 is 0 Å². The fraction of sp³-hybridized carbons (Fsp3) is 0.474. The average Bonchev–Trinajstić information content (AvgIpc) is 3.08. The van der Waals surface area contributed by atoms with Crippen molar-refractivity contribution in [1.29, 1.82) is 0 Å². The highest BCUT2D eigenvalue weighted by atomic mass is 19.1. The molecule has 0 bridgehead atoms. The first kappa shape index (κ1) is 17.6. The Balaban J connectivity index is 1.50. The van der Waals surface area contributed by atoms with E-state index in [1.54, 1.807) is 18.3 Å². The Hall–Kier alpha value is -2.21. The van der Waals surface area contributed by atoms with Crippen LogP contribution in [0.5, 0.6) is 0 Å². The average molecular weight is 344 g/mol. The number of amides is 1. The number of hydrogen-bond acceptors (Lipinski definition) is 3. The number of benzene rings is 1. The molecule has 1 aliphatic rings. The maximum Gasteiger partial charge on any atom is 0.224 e. The third kappa shape index (κ3) is 5.13. The Morgan fingerprint density at radius 2 is 2.32 bits per heavy atom. The molecule has 0 saturated carbocycles. The lowest BCUT2D eigenvalue weighted by Crippen LogP contribution is -2.46. The number of halogens is 1. The molecule has 3 rings (SSSR count). The number of nitrogens with one attached hydrogen (secondary N) is 1. The summed E-state index contributed by atoms with van der Waals surface area (Å²) in [5.41, 5.74) is 0.952. The molecular formula is C19H25FN4O. The molecule has 1 N–H and O–H groups in total. The topological polar surface area (TPSA) is 50.2 Å². The van der Waals surface area contributed by atoms with Gasteiger partial charge in [-0.1, -0.05) is 12.1 Å². The summed E-state index contributed by atoms with van der Waals surface area (Å²) in [7, 11) is 0. The minimum atomic E-state index is -0.212. The monoisotopic (exact) mass is 344 g/mol. The van der Waals surface area contributed by atoms with Gasteiger partial charge in [0.05, 0.1) is 12.5 Å². The van der Waals surface area contributed by atoms with E-state index in [9.17, 15) is 9.18 Å². The number of piperidine rings is 1. The first-order chi connectivity index (χ1) is 12.1. The predicted molar refractivity (Wildman–Crippen MR) is 94.2 cm³/mol. The highest BCUT2D eigenvalue weighted by molar-refractivity contribution is 5.79. The Morgan fingerprint density at radius 3 is 3.08 bits per heavy atom. The Morgan fingerprint density at radius 1 is 1.44 bits per heavy atom. The van der Waals surface area contributed by atoms with Gasteiger partial charge in [-0.25, -0.2) is 4.39 Å². The van der Waals surface area contributed by atoms with E-state index in [0.717, 1.165) is 31.5 Å². The highest BCUT2D eigenvalue weighted by Crippen LogP contribution is 2.19. The quantitative estimate of drug-likeness (QED) is 0.876. The van der Waals surface area contributed by atoms with E-state index >= 15 is 0 Å². The highest BCUT2D eigenvalue weighted by Gasteiger charge is 2.26. The molecular weight excluding hydrogens is 319 g/mol. The summed E-state index contributed by atoms with van der Waals surface area (Å²) in [5.74, 6) is -0.123. The number of carbonyl (C=O) groups excluding carboxylic acids is 1. The third-order valence-electron chi connectivity index (χ3n) is 4.58. The van der Waals surface area contributed by atoms with Gasteiger partial charge in [-0.3, -0.25) is 14.4 Å². The summed E-state index contributed by atoms with van der Waals surface area (Å²) < 4.78 is 15.2. The second kappa shape index (κ2) is 8.25. The minimum Gasteiger partial charge on any atom is -0.352 e. The van der Waals surface area contributed by atoms with Crippen LogP contribution in [0.15, 0.2) is 42.7 Å². The van der Waals surface area contributed by atoms with E-state index in [0.29, 0.717) is 13.1 Å². The normalized spacial score (nSPS) is 19.5. The number of nitrogens with zero attached hydrogens (tertiary/aromatic N) is 3. The van der Waals surface area contributed by atoms with Gasteiger partial charge < -0.3 is 5.32 Å². The molecule has 134 valence electrons. The van der Waals surface area contributed by atoms with Gasteiger partial charge in [0.15, 0.2) is 0 Å². The molecule has 6 heteroatoms. The van der Waals surface area contributed by atoms with Crippen LogP contribution in [0.25, 0.3) is 0 Å². The number of rotatable bonds is 6. The molecule has 1 amide bonds. The van der Waals surface area contributed by atoms with Gasteiger partial charge in [0.1, 0.15) is 5.82 Å². The van der Waals surface area contributed by atoms with Crippen LogP contribution in [0, 0.1) is 11.7 Å². The molecule has 5 nitrogen and oxygen atoms in total. The first-order valence-corrected chi connectivity index (χ1v) is 8.85. The molecule has 0 spiro atoms. The second-order valence-corrected chi connectivity index (χ2v) is 6.84. The number of hydrogen-bond donors (Lipinski definition) is 1. The van der Waals surface area contributed by atoms with Crippen molar-refractivity contribution in [2.75, 3.05) is 13.1 Å². The largest absolute Gasteiger partial charge is 0.352 e. The summed E-state index contributed by atoms with van der Waals surface area (Å²) in [4.78, 5) is 14.8.